The normalized spacial score (nSPS) is 12.9. The minimum atomic E-state index is -2.71. The summed E-state index contributed by atoms with van der Waals surface area (Å²) >= 11 is 0. The van der Waals surface area contributed by atoms with Gasteiger partial charge >= 0.3 is 20.5 Å². The molecule has 234 valence electrons. The molecule has 0 atom stereocenters. The third-order valence-electron chi connectivity index (χ3n) is 7.17. The Kier molecular flexibility index (Phi) is 11.0. The summed E-state index contributed by atoms with van der Waals surface area (Å²) in [6.45, 7) is 24.3. The van der Waals surface area contributed by atoms with Gasteiger partial charge in [0.2, 0.25) is 0 Å². The Morgan fingerprint density at radius 2 is 0.810 bits per heavy atom. The molecule has 0 spiro atoms. The first-order valence-electron chi connectivity index (χ1n) is 14.6. The van der Waals surface area contributed by atoms with Crippen molar-refractivity contribution in [1.29, 1.82) is 0 Å². The molecule has 2 rings (SSSR count). The molecule has 0 aliphatic carbocycles. The second-order valence-corrected chi connectivity index (χ2v) is 16.1. The standard InChI is InChI=1S/C34H51O7P/c1-31(2,3)23-17-21(18-24(29(23)37)32(4,5)6)13-15-27(35)40-42(39)41-28(36)16-14-22-19-25(33(7,8)9)30(38)26(20-22)34(10,11)12/h17-20,37-39H,13-16H2,1-12H3. The Morgan fingerprint density at radius 1 is 0.571 bits per heavy atom. The van der Waals surface area contributed by atoms with E-state index in [4.69, 9.17) is 9.05 Å². The lowest BCUT2D eigenvalue weighted by molar-refractivity contribution is -0.138. The van der Waals surface area contributed by atoms with Gasteiger partial charge in [0.05, 0.1) is 0 Å². The molecule has 0 unspecified atom stereocenters. The lowest BCUT2D eigenvalue weighted by atomic mass is 9.78. The zero-order valence-electron chi connectivity index (χ0n) is 27.6. The molecule has 2 aromatic rings. The number of aromatic hydroxyl groups is 2. The van der Waals surface area contributed by atoms with Gasteiger partial charge in [-0.05, 0) is 67.9 Å². The van der Waals surface area contributed by atoms with Crippen molar-refractivity contribution in [3.05, 3.63) is 57.6 Å². The summed E-state index contributed by atoms with van der Waals surface area (Å²) in [6, 6.07) is 7.61. The van der Waals surface area contributed by atoms with Gasteiger partial charge in [-0.1, -0.05) is 107 Å². The first-order valence-corrected chi connectivity index (χ1v) is 15.7. The van der Waals surface area contributed by atoms with Gasteiger partial charge in [-0.2, -0.15) is 0 Å². The van der Waals surface area contributed by atoms with Gasteiger partial charge in [0.25, 0.3) is 0 Å². The topological polar surface area (TPSA) is 113 Å². The molecule has 0 aliphatic rings. The van der Waals surface area contributed by atoms with Crippen LogP contribution in [0.2, 0.25) is 0 Å². The smallest absolute Gasteiger partial charge is 0.464 e. The maximum atomic E-state index is 12.5. The van der Waals surface area contributed by atoms with E-state index in [9.17, 15) is 24.7 Å². The molecule has 0 heterocycles. The average Bonchev–Trinajstić information content (AvgIpc) is 2.79. The highest BCUT2D eigenvalue weighted by molar-refractivity contribution is 7.41. The fourth-order valence-corrected chi connectivity index (χ4v) is 5.31. The van der Waals surface area contributed by atoms with Crippen LogP contribution in [0, 0.1) is 0 Å². The molecule has 0 amide bonds. The summed E-state index contributed by atoms with van der Waals surface area (Å²) in [7, 11) is -2.71. The first kappa shape index (κ1) is 35.6. The lowest BCUT2D eigenvalue weighted by Crippen LogP contribution is -2.18. The molecule has 3 N–H and O–H groups in total. The van der Waals surface area contributed by atoms with Crippen molar-refractivity contribution in [3.63, 3.8) is 0 Å². The van der Waals surface area contributed by atoms with Crippen molar-refractivity contribution in [2.75, 3.05) is 0 Å². The van der Waals surface area contributed by atoms with Crippen LogP contribution >= 0.6 is 8.60 Å². The largest absolute Gasteiger partial charge is 0.507 e. The number of carbonyl (C=O) groups is 2. The highest BCUT2D eigenvalue weighted by Crippen LogP contribution is 2.42. The molecule has 0 saturated heterocycles. The van der Waals surface area contributed by atoms with Gasteiger partial charge in [-0.25, -0.2) is 0 Å². The van der Waals surface area contributed by atoms with Crippen LogP contribution in [-0.2, 0) is 53.1 Å². The molecule has 2 aromatic carbocycles. The van der Waals surface area contributed by atoms with Gasteiger partial charge in [0, 0.05) is 12.8 Å². The average molecular weight is 603 g/mol. The Bertz CT molecular complexity index is 1120. The summed E-state index contributed by atoms with van der Waals surface area (Å²) in [4.78, 5) is 35.1. The fourth-order valence-electron chi connectivity index (χ4n) is 4.74. The van der Waals surface area contributed by atoms with Gasteiger partial charge in [-0.3, -0.25) is 9.59 Å². The van der Waals surface area contributed by atoms with Crippen LogP contribution in [0.1, 0.15) is 129 Å². The van der Waals surface area contributed by atoms with Crippen LogP contribution in [0.25, 0.3) is 0 Å². The van der Waals surface area contributed by atoms with Gasteiger partial charge < -0.3 is 24.2 Å². The predicted molar refractivity (Wildman–Crippen MR) is 169 cm³/mol. The van der Waals surface area contributed by atoms with E-state index in [0.29, 0.717) is 12.8 Å². The summed E-state index contributed by atoms with van der Waals surface area (Å²) in [6.07, 6.45) is 0.645. The van der Waals surface area contributed by atoms with Crippen LogP contribution in [0.3, 0.4) is 0 Å². The van der Waals surface area contributed by atoms with E-state index in [-0.39, 0.29) is 46.0 Å². The SMILES string of the molecule is CC(C)(C)c1cc(CCC(=O)OP(O)OC(=O)CCc2cc(C(C)(C)C)c(O)c(C(C)(C)C)c2)cc(C(C)(C)C)c1O. The van der Waals surface area contributed by atoms with E-state index in [1.165, 1.54) is 0 Å². The van der Waals surface area contributed by atoms with Crippen molar-refractivity contribution in [3.8, 4) is 11.5 Å². The number of hydrogen-bond donors (Lipinski definition) is 3. The third-order valence-corrected chi connectivity index (χ3v) is 7.89. The zero-order valence-corrected chi connectivity index (χ0v) is 28.5. The van der Waals surface area contributed by atoms with Crippen molar-refractivity contribution < 1.29 is 33.7 Å². The maximum absolute atomic E-state index is 12.5. The van der Waals surface area contributed by atoms with E-state index in [2.05, 4.69) is 0 Å². The van der Waals surface area contributed by atoms with Gasteiger partial charge in [-0.15, -0.1) is 0 Å². The molecular formula is C34H51O7P. The van der Waals surface area contributed by atoms with Crippen LogP contribution in [-0.4, -0.2) is 27.0 Å². The maximum Gasteiger partial charge on any atom is 0.464 e. The molecule has 8 heteroatoms. The summed E-state index contributed by atoms with van der Waals surface area (Å²) in [5.74, 6) is -0.822. The Hall–Kier alpha value is -2.63. The fraction of sp³-hybridized carbons (Fsp3) is 0.588. The van der Waals surface area contributed by atoms with Crippen LogP contribution in [0.4, 0.5) is 0 Å². The summed E-state index contributed by atoms with van der Waals surface area (Å²) in [5, 5.41) is 21.8. The predicted octanol–water partition coefficient (Wildman–Crippen LogP) is 8.16. The Labute approximate surface area is 253 Å². The summed E-state index contributed by atoms with van der Waals surface area (Å²) in [5.41, 5.74) is 3.77. The van der Waals surface area contributed by atoms with Crippen LogP contribution in [0.5, 0.6) is 11.5 Å². The van der Waals surface area contributed by atoms with Crippen LogP contribution < -0.4 is 0 Å². The minimum Gasteiger partial charge on any atom is -0.507 e. The number of benzene rings is 2. The van der Waals surface area contributed by atoms with E-state index in [1.807, 2.05) is 107 Å². The molecule has 0 aliphatic heterocycles. The number of aryl methyl sites for hydroxylation is 2. The Morgan fingerprint density at radius 3 is 1.02 bits per heavy atom. The number of rotatable bonds is 8. The molecule has 0 radical (unpaired) electrons. The van der Waals surface area contributed by atoms with E-state index < -0.39 is 20.5 Å². The van der Waals surface area contributed by atoms with Crippen LogP contribution in [0.15, 0.2) is 24.3 Å². The summed E-state index contributed by atoms with van der Waals surface area (Å²) < 4.78 is 10.0. The quantitative estimate of drug-likeness (QED) is 0.261. The van der Waals surface area contributed by atoms with Crippen molar-refractivity contribution >= 4 is 20.5 Å². The number of phenols is 2. The third kappa shape index (κ3) is 9.70. The molecular weight excluding hydrogens is 551 g/mol. The first-order chi connectivity index (χ1) is 18.9. The van der Waals surface area contributed by atoms with Crippen molar-refractivity contribution in [2.45, 2.75) is 130 Å². The molecule has 0 fully saturated rings. The second kappa shape index (κ2) is 12.9. The van der Waals surface area contributed by atoms with Gasteiger partial charge in [0.15, 0.2) is 0 Å². The van der Waals surface area contributed by atoms with E-state index in [1.54, 1.807) is 0 Å². The molecule has 7 nitrogen and oxygen atoms in total. The van der Waals surface area contributed by atoms with Crippen molar-refractivity contribution in [1.82, 2.24) is 0 Å². The highest BCUT2D eigenvalue weighted by atomic mass is 31.2. The second-order valence-electron chi connectivity index (χ2n) is 15.2. The number of carbonyl (C=O) groups excluding carboxylic acids is 2. The monoisotopic (exact) mass is 602 g/mol. The lowest BCUT2D eigenvalue weighted by Gasteiger charge is -2.28. The molecule has 0 saturated carbocycles. The molecule has 0 bridgehead atoms. The zero-order chi connectivity index (χ0) is 32.4. The molecule has 42 heavy (non-hydrogen) atoms. The Balaban J connectivity index is 2.03. The highest BCUT2D eigenvalue weighted by Gasteiger charge is 2.28. The van der Waals surface area contributed by atoms with Crippen molar-refractivity contribution in [2.24, 2.45) is 0 Å². The van der Waals surface area contributed by atoms with E-state index in [0.717, 1.165) is 33.4 Å². The van der Waals surface area contributed by atoms with Gasteiger partial charge in [0.1, 0.15) is 11.5 Å². The number of hydrogen-bond acceptors (Lipinski definition) is 7. The molecule has 0 aromatic heterocycles. The minimum absolute atomic E-state index is 0.0203. The van der Waals surface area contributed by atoms with E-state index >= 15 is 0 Å². The number of phenolic OH excluding ortho intramolecular Hbond substituents is 2.